The number of benzene rings is 1. The Morgan fingerprint density at radius 2 is 1.52 bits per heavy atom. The van der Waals surface area contributed by atoms with Crippen LogP contribution >= 0.6 is 0 Å². The lowest BCUT2D eigenvalue weighted by Gasteiger charge is -2.18. The number of rotatable bonds is 9. The maximum Gasteiger partial charge on any atom is 0.487 e. The van der Waals surface area contributed by atoms with Crippen LogP contribution in [0, 0.1) is 0 Å². The molecule has 25 heavy (non-hydrogen) atoms. The summed E-state index contributed by atoms with van der Waals surface area (Å²) in [5, 5.41) is 0. The first-order valence-corrected chi connectivity index (χ1v) is 8.43. The lowest BCUT2D eigenvalue weighted by atomic mass is 9.83. The highest BCUT2D eigenvalue weighted by molar-refractivity contribution is 6.52. The zero-order chi connectivity index (χ0) is 18.7. The molecule has 0 aliphatic heterocycles. The van der Waals surface area contributed by atoms with Crippen molar-refractivity contribution in [2.75, 3.05) is 7.11 Å². The summed E-state index contributed by atoms with van der Waals surface area (Å²) in [5.41, 5.74) is 1.98. The third-order valence-corrected chi connectivity index (χ3v) is 3.06. The lowest BCUT2D eigenvalue weighted by Crippen LogP contribution is -2.28. The number of methoxy groups -OCH3 is 1. The van der Waals surface area contributed by atoms with Crippen molar-refractivity contribution in [1.29, 1.82) is 0 Å². The second-order valence-electron chi connectivity index (χ2n) is 5.97. The summed E-state index contributed by atoms with van der Waals surface area (Å²) in [7, 11) is 0.896. The normalized spacial score (nSPS) is 12.5. The smallest absolute Gasteiger partial charge is 0.466 e. The zero-order valence-corrected chi connectivity index (χ0v) is 15.6. The van der Waals surface area contributed by atoms with Crippen molar-refractivity contribution in [1.82, 2.24) is 0 Å². The van der Waals surface area contributed by atoms with Crippen molar-refractivity contribution in [3.05, 3.63) is 66.2 Å². The summed E-state index contributed by atoms with van der Waals surface area (Å²) in [6, 6.07) is 9.95. The van der Waals surface area contributed by atoms with E-state index >= 15 is 0 Å². The van der Waals surface area contributed by atoms with Crippen molar-refractivity contribution < 1.29 is 18.8 Å². The van der Waals surface area contributed by atoms with Gasteiger partial charge in [-0.15, -0.1) is 0 Å². The molecule has 0 aliphatic carbocycles. The highest BCUT2D eigenvalue weighted by Gasteiger charge is 2.19. The number of hydrogen-bond donors (Lipinski definition) is 0. The van der Waals surface area contributed by atoms with Gasteiger partial charge in [-0.05, 0) is 44.8 Å². The molecule has 1 aromatic rings. The number of allylic oxidation sites excluding steroid dienone is 4. The minimum Gasteiger partial charge on any atom is -0.466 e. The van der Waals surface area contributed by atoms with Crippen LogP contribution in [0.4, 0.5) is 0 Å². The standard InChI is InChI=1S/C20H27BO4/c1-16(2)24-21(25-17(3)4)15-19(18-11-7-6-8-12-18)13-9-10-14-20(22)23-5/h6-17H,1-5H3/b13-9+,14-10+,19-15+. The van der Waals surface area contributed by atoms with Gasteiger partial charge in [-0.25, -0.2) is 4.79 Å². The van der Waals surface area contributed by atoms with E-state index in [0.29, 0.717) is 0 Å². The van der Waals surface area contributed by atoms with Gasteiger partial charge in [-0.2, -0.15) is 0 Å². The van der Waals surface area contributed by atoms with Crippen LogP contribution in [0.2, 0.25) is 0 Å². The maximum absolute atomic E-state index is 11.1. The minimum atomic E-state index is -0.454. The van der Waals surface area contributed by atoms with Gasteiger partial charge >= 0.3 is 13.1 Å². The molecule has 0 saturated carbocycles. The molecule has 1 aromatic carbocycles. The van der Waals surface area contributed by atoms with E-state index in [1.54, 1.807) is 12.2 Å². The van der Waals surface area contributed by atoms with Gasteiger partial charge in [0.05, 0.1) is 7.11 Å². The number of carbonyl (C=O) groups excluding carboxylic acids is 1. The van der Waals surface area contributed by atoms with Crippen LogP contribution in [0.5, 0.6) is 0 Å². The van der Waals surface area contributed by atoms with Crippen LogP contribution in [0.25, 0.3) is 5.57 Å². The van der Waals surface area contributed by atoms with Gasteiger partial charge in [-0.1, -0.05) is 48.6 Å². The summed E-state index contributed by atoms with van der Waals surface area (Å²) in [6.45, 7) is 7.90. The van der Waals surface area contributed by atoms with Gasteiger partial charge in [0.25, 0.3) is 0 Å². The van der Waals surface area contributed by atoms with Gasteiger partial charge in [0.1, 0.15) is 0 Å². The first kappa shape index (κ1) is 20.9. The molecule has 0 bridgehead atoms. The summed E-state index contributed by atoms with van der Waals surface area (Å²) < 4.78 is 16.3. The summed E-state index contributed by atoms with van der Waals surface area (Å²) in [6.07, 6.45) is 6.79. The monoisotopic (exact) mass is 342 g/mol. The molecule has 0 saturated heterocycles. The van der Waals surface area contributed by atoms with E-state index in [1.807, 2.05) is 70.1 Å². The van der Waals surface area contributed by atoms with E-state index < -0.39 is 7.12 Å². The Morgan fingerprint density at radius 1 is 0.960 bits per heavy atom. The van der Waals surface area contributed by atoms with Crippen LogP contribution in [0.3, 0.4) is 0 Å². The van der Waals surface area contributed by atoms with Crippen LogP contribution in [0.1, 0.15) is 33.3 Å². The molecule has 0 spiro atoms. The fraction of sp³-hybridized carbons (Fsp3) is 0.350. The Kier molecular flexibility index (Phi) is 9.59. The van der Waals surface area contributed by atoms with E-state index in [9.17, 15) is 4.79 Å². The van der Waals surface area contributed by atoms with Crippen LogP contribution < -0.4 is 0 Å². The molecule has 0 amide bonds. The number of esters is 1. The van der Waals surface area contributed by atoms with Crippen LogP contribution in [0.15, 0.2) is 60.6 Å². The van der Waals surface area contributed by atoms with Gasteiger partial charge in [0, 0.05) is 18.3 Å². The van der Waals surface area contributed by atoms with Crippen LogP contribution in [-0.2, 0) is 18.8 Å². The molecule has 0 N–H and O–H groups in total. The molecule has 4 nitrogen and oxygen atoms in total. The minimum absolute atomic E-state index is 0.0419. The molecule has 0 aromatic heterocycles. The third-order valence-electron chi connectivity index (χ3n) is 3.06. The molecule has 0 unspecified atom stereocenters. The largest absolute Gasteiger partial charge is 0.487 e. The van der Waals surface area contributed by atoms with Crippen molar-refractivity contribution >= 4 is 18.7 Å². The SMILES string of the molecule is COC(=O)/C=C/C=C/C(=C\B(OC(C)C)OC(C)C)c1ccccc1. The second-order valence-corrected chi connectivity index (χ2v) is 5.97. The maximum atomic E-state index is 11.1. The second kappa shape index (κ2) is 11.4. The van der Waals surface area contributed by atoms with Gasteiger partial charge in [0.15, 0.2) is 0 Å². The van der Waals surface area contributed by atoms with Gasteiger partial charge in [-0.3, -0.25) is 0 Å². The van der Waals surface area contributed by atoms with E-state index in [4.69, 9.17) is 9.31 Å². The molecule has 1 rings (SSSR count). The fourth-order valence-corrected chi connectivity index (χ4v) is 2.03. The zero-order valence-electron chi connectivity index (χ0n) is 15.6. The number of hydrogen-bond acceptors (Lipinski definition) is 4. The predicted octanol–water partition coefficient (Wildman–Crippen LogP) is 4.23. The molecule has 134 valence electrons. The fourth-order valence-electron chi connectivity index (χ4n) is 2.03. The lowest BCUT2D eigenvalue weighted by molar-refractivity contribution is -0.134. The quantitative estimate of drug-likeness (QED) is 0.292. The molecule has 5 heteroatoms. The molecule has 0 fully saturated rings. The first-order chi connectivity index (χ1) is 11.9. The Hall–Kier alpha value is -2.11. The summed E-state index contributed by atoms with van der Waals surface area (Å²) in [4.78, 5) is 11.1. The Morgan fingerprint density at radius 3 is 2.04 bits per heavy atom. The molecule has 0 atom stereocenters. The topological polar surface area (TPSA) is 44.8 Å². The summed E-state index contributed by atoms with van der Waals surface area (Å²) >= 11 is 0. The number of carbonyl (C=O) groups is 1. The third kappa shape index (κ3) is 9.08. The van der Waals surface area contributed by atoms with Crippen molar-refractivity contribution in [2.45, 2.75) is 39.9 Å². The van der Waals surface area contributed by atoms with E-state index in [-0.39, 0.29) is 18.2 Å². The average molecular weight is 342 g/mol. The Labute approximate surface area is 151 Å². The molecule has 0 aliphatic rings. The predicted molar refractivity (Wildman–Crippen MR) is 103 cm³/mol. The van der Waals surface area contributed by atoms with Crippen molar-refractivity contribution in [3.63, 3.8) is 0 Å². The molecule has 0 radical (unpaired) electrons. The average Bonchev–Trinajstić information content (AvgIpc) is 2.56. The molecular weight excluding hydrogens is 315 g/mol. The van der Waals surface area contributed by atoms with Crippen LogP contribution in [-0.4, -0.2) is 32.4 Å². The molecule has 0 heterocycles. The highest BCUT2D eigenvalue weighted by Crippen LogP contribution is 2.18. The van der Waals surface area contributed by atoms with Gasteiger partial charge in [0.2, 0.25) is 0 Å². The van der Waals surface area contributed by atoms with Crippen molar-refractivity contribution in [2.24, 2.45) is 0 Å². The molecular formula is C20H27BO4. The summed E-state index contributed by atoms with van der Waals surface area (Å²) in [5.74, 6) is 1.55. The van der Waals surface area contributed by atoms with E-state index in [0.717, 1.165) is 11.1 Å². The van der Waals surface area contributed by atoms with E-state index in [1.165, 1.54) is 13.2 Å². The van der Waals surface area contributed by atoms with Crippen molar-refractivity contribution in [3.8, 4) is 0 Å². The highest BCUT2D eigenvalue weighted by atomic mass is 16.6. The van der Waals surface area contributed by atoms with Gasteiger partial charge < -0.3 is 14.0 Å². The first-order valence-electron chi connectivity index (χ1n) is 8.43. The number of ether oxygens (including phenoxy) is 1. The Balaban J connectivity index is 3.08. The Bertz CT molecular complexity index is 593. The van der Waals surface area contributed by atoms with E-state index in [2.05, 4.69) is 4.74 Å².